The summed E-state index contributed by atoms with van der Waals surface area (Å²) in [7, 11) is 4.66. The van der Waals surface area contributed by atoms with Crippen LogP contribution in [0.3, 0.4) is 0 Å². The molecule has 1 aliphatic carbocycles. The number of nitrogens with one attached hydrogen (secondary N) is 2. The molecule has 0 saturated carbocycles. The van der Waals surface area contributed by atoms with E-state index in [1.807, 2.05) is 18.2 Å². The number of esters is 1. The molecule has 1 unspecified atom stereocenters. The lowest BCUT2D eigenvalue weighted by molar-refractivity contribution is 0.0601. The molecule has 162 valence electrons. The second-order valence-electron chi connectivity index (χ2n) is 7.37. The van der Waals surface area contributed by atoms with E-state index in [2.05, 4.69) is 17.6 Å². The van der Waals surface area contributed by atoms with Gasteiger partial charge in [0.1, 0.15) is 5.00 Å². The molecule has 1 aromatic carbocycles. The zero-order valence-electron chi connectivity index (χ0n) is 17.8. The zero-order chi connectivity index (χ0) is 21.7. The molecule has 1 aliphatic rings. The molecule has 0 aliphatic heterocycles. The molecule has 3 rings (SSSR count). The fourth-order valence-electron chi connectivity index (χ4n) is 3.66. The summed E-state index contributed by atoms with van der Waals surface area (Å²) in [6.45, 7) is 2.89. The van der Waals surface area contributed by atoms with Crippen LogP contribution < -0.4 is 20.1 Å². The van der Waals surface area contributed by atoms with Crippen molar-refractivity contribution >= 4 is 39.6 Å². The van der Waals surface area contributed by atoms with Crippen LogP contribution in [-0.4, -0.2) is 39.0 Å². The van der Waals surface area contributed by atoms with Crippen LogP contribution in [0.1, 0.15) is 39.7 Å². The number of rotatable bonds is 7. The van der Waals surface area contributed by atoms with Gasteiger partial charge in [0, 0.05) is 11.4 Å². The van der Waals surface area contributed by atoms with Crippen molar-refractivity contribution in [1.29, 1.82) is 0 Å². The molecule has 0 saturated heterocycles. The number of methoxy groups -OCH3 is 3. The number of benzene rings is 1. The van der Waals surface area contributed by atoms with Gasteiger partial charge in [-0.1, -0.05) is 13.0 Å². The van der Waals surface area contributed by atoms with E-state index in [4.69, 9.17) is 26.4 Å². The van der Waals surface area contributed by atoms with Crippen LogP contribution in [-0.2, 0) is 24.0 Å². The maximum Gasteiger partial charge on any atom is 0.341 e. The van der Waals surface area contributed by atoms with E-state index in [-0.39, 0.29) is 5.97 Å². The van der Waals surface area contributed by atoms with Crippen molar-refractivity contribution in [3.63, 3.8) is 0 Å². The van der Waals surface area contributed by atoms with Gasteiger partial charge in [-0.25, -0.2) is 4.79 Å². The van der Waals surface area contributed by atoms with Gasteiger partial charge in [0.2, 0.25) is 0 Å². The first-order chi connectivity index (χ1) is 14.5. The van der Waals surface area contributed by atoms with Crippen molar-refractivity contribution in [3.05, 3.63) is 39.8 Å². The Hall–Kier alpha value is -2.32. The lowest BCUT2D eigenvalue weighted by atomic mass is 9.88. The van der Waals surface area contributed by atoms with Gasteiger partial charge < -0.3 is 24.8 Å². The summed E-state index contributed by atoms with van der Waals surface area (Å²) in [6, 6.07) is 5.86. The Morgan fingerprint density at radius 2 is 2.00 bits per heavy atom. The normalized spacial score (nSPS) is 15.1. The van der Waals surface area contributed by atoms with Crippen LogP contribution in [0.5, 0.6) is 11.5 Å². The smallest absolute Gasteiger partial charge is 0.341 e. The van der Waals surface area contributed by atoms with E-state index in [0.29, 0.717) is 34.6 Å². The lowest BCUT2D eigenvalue weighted by Gasteiger charge is -2.18. The van der Waals surface area contributed by atoms with Crippen LogP contribution in [0.4, 0.5) is 5.00 Å². The van der Waals surface area contributed by atoms with E-state index in [0.717, 1.165) is 41.8 Å². The monoisotopic (exact) mass is 448 g/mol. The molecule has 0 radical (unpaired) electrons. The minimum Gasteiger partial charge on any atom is -0.493 e. The molecule has 1 heterocycles. The molecular formula is C22H28N2O4S2. The number of ether oxygens (including phenoxy) is 3. The zero-order valence-corrected chi connectivity index (χ0v) is 19.4. The van der Waals surface area contributed by atoms with Crippen molar-refractivity contribution in [1.82, 2.24) is 5.32 Å². The van der Waals surface area contributed by atoms with E-state index >= 15 is 0 Å². The topological polar surface area (TPSA) is 68.8 Å². The van der Waals surface area contributed by atoms with Crippen LogP contribution in [0.2, 0.25) is 0 Å². The van der Waals surface area contributed by atoms with Crippen LogP contribution in [0.15, 0.2) is 18.2 Å². The predicted molar refractivity (Wildman–Crippen MR) is 124 cm³/mol. The molecule has 2 aromatic rings. The minimum atomic E-state index is -0.308. The van der Waals surface area contributed by atoms with Crippen molar-refractivity contribution in [3.8, 4) is 11.5 Å². The van der Waals surface area contributed by atoms with Crippen molar-refractivity contribution < 1.29 is 19.0 Å². The van der Waals surface area contributed by atoms with Crippen LogP contribution in [0, 0.1) is 5.92 Å². The maximum atomic E-state index is 12.4. The average molecular weight is 449 g/mol. The van der Waals surface area contributed by atoms with Crippen molar-refractivity contribution in [2.24, 2.45) is 5.92 Å². The summed E-state index contributed by atoms with van der Waals surface area (Å²) >= 11 is 7.08. The minimum absolute atomic E-state index is 0.308. The molecule has 8 heteroatoms. The molecule has 0 bridgehead atoms. The van der Waals surface area contributed by atoms with Crippen LogP contribution in [0.25, 0.3) is 0 Å². The fraction of sp³-hybridized carbons (Fsp3) is 0.455. The Bertz CT molecular complexity index is 926. The second-order valence-corrected chi connectivity index (χ2v) is 8.88. The molecular weight excluding hydrogens is 420 g/mol. The summed E-state index contributed by atoms with van der Waals surface area (Å²) in [6.07, 6.45) is 3.75. The first-order valence-electron chi connectivity index (χ1n) is 9.95. The third kappa shape index (κ3) is 5.05. The Morgan fingerprint density at radius 3 is 2.70 bits per heavy atom. The van der Waals surface area contributed by atoms with E-state index in [1.54, 1.807) is 25.6 Å². The lowest BCUT2D eigenvalue weighted by Crippen LogP contribution is -2.30. The SMILES string of the molecule is COC(=O)c1c(NC(=S)NCCc2ccc(OC)c(OC)c2)sc2c1CCC(C)C2. The van der Waals surface area contributed by atoms with Gasteiger partial charge in [0.05, 0.1) is 26.9 Å². The highest BCUT2D eigenvalue weighted by atomic mass is 32.1. The first kappa shape index (κ1) is 22.4. The Morgan fingerprint density at radius 1 is 1.23 bits per heavy atom. The van der Waals surface area contributed by atoms with E-state index in [9.17, 15) is 4.79 Å². The largest absolute Gasteiger partial charge is 0.493 e. The molecule has 30 heavy (non-hydrogen) atoms. The van der Waals surface area contributed by atoms with E-state index < -0.39 is 0 Å². The number of thiocarbonyl (C=S) groups is 1. The summed E-state index contributed by atoms with van der Waals surface area (Å²) < 4.78 is 15.7. The number of thiophene rings is 1. The molecule has 0 spiro atoms. The number of anilines is 1. The number of carbonyl (C=O) groups excluding carboxylic acids is 1. The van der Waals surface area contributed by atoms with E-state index in [1.165, 1.54) is 12.0 Å². The summed E-state index contributed by atoms with van der Waals surface area (Å²) in [5, 5.41) is 7.70. The standard InChI is InChI=1S/C22H28N2O4S2/c1-13-5-7-15-18(11-13)30-20(19(15)21(25)28-4)24-22(29)23-10-9-14-6-8-16(26-2)17(12-14)27-3/h6,8,12-13H,5,7,9-11H2,1-4H3,(H2,23,24,29). The molecule has 2 N–H and O–H groups in total. The van der Waals surface area contributed by atoms with Gasteiger partial charge in [-0.2, -0.15) is 0 Å². The van der Waals surface area contributed by atoms with Crippen molar-refractivity contribution in [2.75, 3.05) is 33.2 Å². The fourth-order valence-corrected chi connectivity index (χ4v) is 5.33. The third-order valence-corrected chi connectivity index (χ3v) is 6.69. The second kappa shape index (κ2) is 10.1. The van der Waals surface area contributed by atoms with Gasteiger partial charge in [0.25, 0.3) is 0 Å². The highest BCUT2D eigenvalue weighted by molar-refractivity contribution is 7.80. The third-order valence-electron chi connectivity index (χ3n) is 5.28. The quantitative estimate of drug-likeness (QED) is 0.486. The highest BCUT2D eigenvalue weighted by Gasteiger charge is 2.28. The van der Waals surface area contributed by atoms with Gasteiger partial charge in [-0.05, 0) is 67.1 Å². The number of hydrogen-bond acceptors (Lipinski definition) is 6. The predicted octanol–water partition coefficient (Wildman–Crippen LogP) is 4.21. The van der Waals surface area contributed by atoms with Gasteiger partial charge in [-0.15, -0.1) is 11.3 Å². The summed E-state index contributed by atoms with van der Waals surface area (Å²) in [5.74, 6) is 1.73. The molecule has 1 aromatic heterocycles. The van der Waals surface area contributed by atoms with Gasteiger partial charge >= 0.3 is 5.97 Å². The van der Waals surface area contributed by atoms with Crippen molar-refractivity contribution in [2.45, 2.75) is 32.6 Å². The number of fused-ring (bicyclic) bond motifs is 1. The van der Waals surface area contributed by atoms with Gasteiger partial charge in [-0.3, -0.25) is 0 Å². The average Bonchev–Trinajstić information content (AvgIpc) is 3.09. The highest BCUT2D eigenvalue weighted by Crippen LogP contribution is 2.40. The van der Waals surface area contributed by atoms with Crippen LogP contribution >= 0.6 is 23.6 Å². The molecule has 0 amide bonds. The molecule has 1 atom stereocenters. The summed E-state index contributed by atoms with van der Waals surface area (Å²) in [5.41, 5.74) is 2.85. The summed E-state index contributed by atoms with van der Waals surface area (Å²) in [4.78, 5) is 13.7. The Labute approximate surface area is 186 Å². The Kier molecular flexibility index (Phi) is 7.55. The number of hydrogen-bond donors (Lipinski definition) is 2. The molecule has 6 nitrogen and oxygen atoms in total. The molecule has 0 fully saturated rings. The Balaban J connectivity index is 1.63. The number of carbonyl (C=O) groups is 1. The van der Waals surface area contributed by atoms with Gasteiger partial charge in [0.15, 0.2) is 16.6 Å². The maximum absolute atomic E-state index is 12.4. The first-order valence-corrected chi connectivity index (χ1v) is 11.2.